The minimum absolute atomic E-state index is 0.0174. The number of carbonyl (C=O) groups excluding carboxylic acids is 2. The number of amides is 2. The first-order valence-corrected chi connectivity index (χ1v) is 18.6. The Labute approximate surface area is 303 Å². The molecule has 1 saturated heterocycles. The summed E-state index contributed by atoms with van der Waals surface area (Å²) in [6, 6.07) is 2.56. The van der Waals surface area contributed by atoms with Crippen LogP contribution in [0, 0.1) is 6.92 Å². The second kappa shape index (κ2) is 13.9. The van der Waals surface area contributed by atoms with Gasteiger partial charge in [0.2, 0.25) is 0 Å². The third kappa shape index (κ3) is 6.90. The number of phenols is 2. The Bertz CT molecular complexity index is 2360. The molecule has 4 aromatic rings. The van der Waals surface area contributed by atoms with E-state index in [1.165, 1.54) is 23.2 Å². The van der Waals surface area contributed by atoms with Crippen molar-refractivity contribution in [2.45, 2.75) is 35.1 Å². The lowest BCUT2D eigenvalue weighted by molar-refractivity contribution is -0.150. The maximum atomic E-state index is 13.5. The lowest BCUT2D eigenvalue weighted by Crippen LogP contribution is -2.71. The number of thioether (sulfide) groups is 2. The second-order valence-electron chi connectivity index (χ2n) is 10.8. The first-order valence-electron chi connectivity index (χ1n) is 14.3. The summed E-state index contributed by atoms with van der Waals surface area (Å²) in [5.41, 5.74) is 4.96. The van der Waals surface area contributed by atoms with E-state index in [0.717, 1.165) is 38.6 Å². The van der Waals surface area contributed by atoms with Crippen LogP contribution in [0.2, 0.25) is 0 Å². The number of aromatic hydroxyl groups is 2. The summed E-state index contributed by atoms with van der Waals surface area (Å²) in [5, 5.41) is 49.4. The summed E-state index contributed by atoms with van der Waals surface area (Å²) in [6.45, 7) is 1.04. The van der Waals surface area contributed by atoms with Crippen molar-refractivity contribution in [3.63, 3.8) is 0 Å². The van der Waals surface area contributed by atoms with Crippen molar-refractivity contribution in [1.29, 1.82) is 0 Å². The number of nitrogens with two attached hydrogens (primary N) is 1. The van der Waals surface area contributed by atoms with Crippen LogP contribution in [0.3, 0.4) is 0 Å². The number of fused-ring (bicyclic) bond motifs is 2. The standard InChI is InChI=1S/C27H23N9O12S4/c1-9-4-14(36-26(29-9)32-27(33-36)52(45,46)47)49-6-11-7-50-22-17(21(40)35(22)18(11)24(43)44)31-20(39)16(12-8-51-25(28)30-12)34-48-5-10-2-3-13(37)19(38)15(10)23(41)42/h2-4,8,17,22,37-38H,5-7H2,1H3,(H2,28,30)(H,31,39)(H,41,42)(H,43,44)(H,45,46,47)/t17-,22-/m1/s1. The summed E-state index contributed by atoms with van der Waals surface area (Å²) in [7, 11) is -4.73. The van der Waals surface area contributed by atoms with Gasteiger partial charge in [0.15, 0.2) is 22.3 Å². The molecule has 21 nitrogen and oxygen atoms in total. The van der Waals surface area contributed by atoms with E-state index in [1.807, 2.05) is 0 Å². The number of nitrogens with one attached hydrogen (secondary N) is 1. The molecule has 0 aliphatic carbocycles. The molecule has 272 valence electrons. The maximum absolute atomic E-state index is 13.5. The number of benzene rings is 1. The number of thiazole rings is 1. The van der Waals surface area contributed by atoms with Crippen molar-refractivity contribution in [3.05, 3.63) is 57.4 Å². The van der Waals surface area contributed by atoms with Gasteiger partial charge < -0.3 is 36.3 Å². The quantitative estimate of drug-likeness (QED) is 0.0193. The zero-order chi connectivity index (χ0) is 37.6. The molecule has 3 aromatic heterocycles. The van der Waals surface area contributed by atoms with Gasteiger partial charge in [0, 0.05) is 28.1 Å². The van der Waals surface area contributed by atoms with Crippen molar-refractivity contribution in [1.82, 2.24) is 34.8 Å². The molecule has 8 N–H and O–H groups in total. The number of rotatable bonds is 12. The minimum Gasteiger partial charge on any atom is -0.504 e. The first-order chi connectivity index (χ1) is 24.5. The van der Waals surface area contributed by atoms with Gasteiger partial charge in [-0.05, 0) is 24.6 Å². The molecule has 2 amide bonds. The summed E-state index contributed by atoms with van der Waals surface area (Å²) in [6.07, 6.45) is 0. The van der Waals surface area contributed by atoms with Crippen molar-refractivity contribution in [2.24, 2.45) is 5.16 Å². The van der Waals surface area contributed by atoms with E-state index in [4.69, 9.17) is 10.6 Å². The summed E-state index contributed by atoms with van der Waals surface area (Å²) < 4.78 is 33.6. The molecule has 25 heteroatoms. The van der Waals surface area contributed by atoms with Crippen LogP contribution in [0.1, 0.15) is 27.3 Å². The van der Waals surface area contributed by atoms with Crippen molar-refractivity contribution in [2.75, 3.05) is 17.2 Å². The maximum Gasteiger partial charge on any atom is 0.352 e. The Hall–Kier alpha value is -5.50. The topological polar surface area (TPSA) is 322 Å². The normalized spacial score (nSPS) is 17.5. The number of phenolic OH excluding ortho intramolecular Hbond substituents is 1. The van der Waals surface area contributed by atoms with E-state index in [2.05, 4.69) is 30.5 Å². The second-order valence-corrected chi connectivity index (χ2v) is 15.1. The van der Waals surface area contributed by atoms with Crippen LogP contribution >= 0.6 is 34.9 Å². The highest BCUT2D eigenvalue weighted by Gasteiger charge is 2.54. The molecule has 6 rings (SSSR count). The summed E-state index contributed by atoms with van der Waals surface area (Å²) >= 11 is 3.20. The average molecular weight is 794 g/mol. The molecule has 2 atom stereocenters. The molecule has 0 bridgehead atoms. The monoisotopic (exact) mass is 793 g/mol. The molecule has 1 aromatic carbocycles. The van der Waals surface area contributed by atoms with E-state index >= 15 is 0 Å². The highest BCUT2D eigenvalue weighted by atomic mass is 32.2. The van der Waals surface area contributed by atoms with Crippen molar-refractivity contribution >= 4 is 85.4 Å². The number of β-lactam (4-membered cyclic amide) rings is 1. The number of nitrogens with zero attached hydrogens (tertiary/aromatic N) is 7. The molecular formula is C27H23N9O12S4. The Morgan fingerprint density at radius 2 is 1.92 bits per heavy atom. The Morgan fingerprint density at radius 1 is 1.17 bits per heavy atom. The van der Waals surface area contributed by atoms with Gasteiger partial charge in [-0.3, -0.25) is 19.0 Å². The molecular weight excluding hydrogens is 771 g/mol. The van der Waals surface area contributed by atoms with Gasteiger partial charge in [0.25, 0.3) is 22.7 Å². The molecule has 52 heavy (non-hydrogen) atoms. The third-order valence-corrected chi connectivity index (χ3v) is 11.1. The minimum atomic E-state index is -4.73. The van der Waals surface area contributed by atoms with Crippen LogP contribution in [0.5, 0.6) is 11.5 Å². The zero-order valence-electron chi connectivity index (χ0n) is 26.0. The fourth-order valence-electron chi connectivity index (χ4n) is 5.06. The molecule has 0 spiro atoms. The number of nitrogen functional groups attached to an aromatic ring is 1. The van der Waals surface area contributed by atoms with Crippen LogP contribution in [-0.4, -0.2) is 115 Å². The van der Waals surface area contributed by atoms with Crippen LogP contribution in [-0.2, 0) is 35.9 Å². The van der Waals surface area contributed by atoms with Gasteiger partial charge in [0.1, 0.15) is 40.0 Å². The van der Waals surface area contributed by atoms with Crippen LogP contribution < -0.4 is 11.1 Å². The highest BCUT2D eigenvalue weighted by Crippen LogP contribution is 2.42. The largest absolute Gasteiger partial charge is 0.504 e. The fourth-order valence-corrected chi connectivity index (χ4v) is 8.53. The number of aliphatic carboxylic acids is 1. The number of carboxylic acid groups (broad SMARTS) is 2. The van der Waals surface area contributed by atoms with Crippen molar-refractivity contribution in [3.8, 4) is 11.5 Å². The Kier molecular flexibility index (Phi) is 9.71. The SMILES string of the molecule is Cc1cc(SCC2=C(C(=O)O)N3C(=O)[C@@H](NC(=O)C(=NOCc4ccc(O)c(O)c4C(=O)O)c4csc(N)n4)[C@H]3SC2)n2nc(S(=O)(=O)O)nc2n1. The molecule has 0 unspecified atom stereocenters. The number of aromatic nitrogens is 5. The van der Waals surface area contributed by atoms with Gasteiger partial charge in [-0.1, -0.05) is 11.2 Å². The van der Waals surface area contributed by atoms with Gasteiger partial charge in [-0.15, -0.1) is 40.0 Å². The van der Waals surface area contributed by atoms with Gasteiger partial charge in [-0.2, -0.15) is 17.9 Å². The molecule has 2 aliphatic heterocycles. The molecule has 5 heterocycles. The number of aromatic carboxylic acids is 1. The summed E-state index contributed by atoms with van der Waals surface area (Å²) in [5.74, 6) is -6.22. The van der Waals surface area contributed by atoms with Gasteiger partial charge in [-0.25, -0.2) is 19.6 Å². The van der Waals surface area contributed by atoms with E-state index < -0.39 is 79.8 Å². The summed E-state index contributed by atoms with van der Waals surface area (Å²) in [4.78, 5) is 69.1. The number of aryl methyl sites for hydroxylation is 1. The third-order valence-electron chi connectivity index (χ3n) is 7.36. The number of anilines is 1. The van der Waals surface area contributed by atoms with Gasteiger partial charge in [0.05, 0.1) is 0 Å². The fraction of sp³-hybridized carbons (Fsp3) is 0.222. The van der Waals surface area contributed by atoms with Gasteiger partial charge >= 0.3 is 22.1 Å². The lowest BCUT2D eigenvalue weighted by atomic mass is 10.0. The molecule has 1 fully saturated rings. The van der Waals surface area contributed by atoms with E-state index in [1.54, 1.807) is 13.0 Å². The van der Waals surface area contributed by atoms with E-state index in [0.29, 0.717) is 16.3 Å². The first kappa shape index (κ1) is 36.3. The predicted molar refractivity (Wildman–Crippen MR) is 180 cm³/mol. The number of carbonyl (C=O) groups is 4. The van der Waals surface area contributed by atoms with Crippen LogP contribution in [0.4, 0.5) is 5.13 Å². The average Bonchev–Trinajstić information content (AvgIpc) is 3.71. The lowest BCUT2D eigenvalue weighted by Gasteiger charge is -2.49. The molecule has 2 aliphatic rings. The number of carboxylic acids is 2. The predicted octanol–water partition coefficient (Wildman–Crippen LogP) is 0.279. The smallest absolute Gasteiger partial charge is 0.352 e. The van der Waals surface area contributed by atoms with E-state index in [9.17, 15) is 52.6 Å². The zero-order valence-corrected chi connectivity index (χ0v) is 29.3. The Balaban J connectivity index is 1.20. The number of hydrogen-bond donors (Lipinski definition) is 7. The van der Waals surface area contributed by atoms with Crippen LogP contribution in [0.25, 0.3) is 5.78 Å². The molecule has 0 saturated carbocycles. The number of hydrogen-bond acceptors (Lipinski definition) is 18. The van der Waals surface area contributed by atoms with Crippen molar-refractivity contribution < 1.29 is 57.4 Å². The number of oxime groups is 1. The van der Waals surface area contributed by atoms with E-state index in [-0.39, 0.29) is 39.4 Å². The Morgan fingerprint density at radius 3 is 2.58 bits per heavy atom. The van der Waals surface area contributed by atoms with Crippen LogP contribution in [0.15, 0.2) is 50.2 Å². The highest BCUT2D eigenvalue weighted by molar-refractivity contribution is 8.01. The molecule has 0 radical (unpaired) electrons.